The van der Waals surface area contributed by atoms with Gasteiger partial charge < -0.3 is 9.64 Å². The molecule has 1 aromatic heterocycles. The highest BCUT2D eigenvalue weighted by molar-refractivity contribution is 5.80. The number of hydrogen-bond donors (Lipinski definition) is 0. The number of carbonyl (C=O) groups is 1. The molecule has 0 spiro atoms. The lowest BCUT2D eigenvalue weighted by Gasteiger charge is -2.27. The molecular formula is C15H23N3O2. The predicted octanol–water partition coefficient (Wildman–Crippen LogP) is 1.74. The van der Waals surface area contributed by atoms with Gasteiger partial charge in [-0.3, -0.25) is 9.48 Å². The molecule has 3 heterocycles. The van der Waals surface area contributed by atoms with E-state index in [-0.39, 0.29) is 17.9 Å². The minimum atomic E-state index is 0.0629. The maximum Gasteiger partial charge on any atom is 0.228 e. The SMILES string of the molecule is Cc1nn(C)c(C)c1[C@@H]1CCCN1C(=O)[C@@H]1CCOC1. The lowest BCUT2D eigenvalue weighted by Crippen LogP contribution is -2.36. The minimum absolute atomic E-state index is 0.0629. The number of likely N-dealkylation sites (tertiary alicyclic amines) is 1. The molecule has 5 heteroatoms. The summed E-state index contributed by atoms with van der Waals surface area (Å²) in [7, 11) is 1.97. The van der Waals surface area contributed by atoms with E-state index in [4.69, 9.17) is 4.74 Å². The second kappa shape index (κ2) is 5.20. The zero-order valence-corrected chi connectivity index (χ0v) is 12.6. The van der Waals surface area contributed by atoms with Gasteiger partial charge in [0.15, 0.2) is 0 Å². The number of ether oxygens (including phenoxy) is 1. The van der Waals surface area contributed by atoms with Gasteiger partial charge in [-0.15, -0.1) is 0 Å². The fraction of sp³-hybridized carbons (Fsp3) is 0.733. The van der Waals surface area contributed by atoms with Crippen molar-refractivity contribution >= 4 is 5.91 Å². The quantitative estimate of drug-likeness (QED) is 0.827. The summed E-state index contributed by atoms with van der Waals surface area (Å²) in [5, 5.41) is 4.50. The lowest BCUT2D eigenvalue weighted by molar-refractivity contribution is -0.136. The van der Waals surface area contributed by atoms with E-state index in [0.717, 1.165) is 38.1 Å². The molecule has 0 radical (unpaired) electrons. The number of amides is 1. The van der Waals surface area contributed by atoms with Crippen LogP contribution in [0.4, 0.5) is 0 Å². The van der Waals surface area contributed by atoms with Crippen LogP contribution >= 0.6 is 0 Å². The number of nitrogens with zero attached hydrogens (tertiary/aromatic N) is 3. The fourth-order valence-corrected chi connectivity index (χ4v) is 3.57. The summed E-state index contributed by atoms with van der Waals surface area (Å²) < 4.78 is 7.29. The van der Waals surface area contributed by atoms with Crippen LogP contribution in [0.2, 0.25) is 0 Å². The van der Waals surface area contributed by atoms with Crippen molar-refractivity contribution in [2.45, 2.75) is 39.2 Å². The Balaban J connectivity index is 1.86. The van der Waals surface area contributed by atoms with E-state index in [0.29, 0.717) is 6.61 Å². The number of hydrogen-bond acceptors (Lipinski definition) is 3. The number of rotatable bonds is 2. The van der Waals surface area contributed by atoms with Gasteiger partial charge in [-0.1, -0.05) is 0 Å². The van der Waals surface area contributed by atoms with Crippen LogP contribution in [0, 0.1) is 19.8 Å². The van der Waals surface area contributed by atoms with Crippen molar-refractivity contribution in [3.63, 3.8) is 0 Å². The van der Waals surface area contributed by atoms with Crippen LogP contribution in [0.25, 0.3) is 0 Å². The van der Waals surface area contributed by atoms with Gasteiger partial charge in [0.25, 0.3) is 0 Å². The summed E-state index contributed by atoms with van der Waals surface area (Å²) in [4.78, 5) is 14.7. The molecule has 1 amide bonds. The highest BCUT2D eigenvalue weighted by Crippen LogP contribution is 2.36. The zero-order chi connectivity index (χ0) is 14.3. The van der Waals surface area contributed by atoms with Gasteiger partial charge in [0.05, 0.1) is 24.3 Å². The summed E-state index contributed by atoms with van der Waals surface area (Å²) in [5.74, 6) is 0.334. The molecule has 2 aliphatic rings. The van der Waals surface area contributed by atoms with Crippen LogP contribution in [-0.2, 0) is 16.6 Å². The molecule has 0 unspecified atom stereocenters. The minimum Gasteiger partial charge on any atom is -0.381 e. The first-order valence-corrected chi connectivity index (χ1v) is 7.48. The van der Waals surface area contributed by atoms with Gasteiger partial charge in [0.2, 0.25) is 5.91 Å². The molecule has 0 bridgehead atoms. The van der Waals surface area contributed by atoms with E-state index >= 15 is 0 Å². The molecule has 1 aromatic rings. The van der Waals surface area contributed by atoms with Crippen molar-refractivity contribution in [3.8, 4) is 0 Å². The molecule has 2 fully saturated rings. The van der Waals surface area contributed by atoms with Crippen molar-refractivity contribution in [1.82, 2.24) is 14.7 Å². The Labute approximate surface area is 119 Å². The van der Waals surface area contributed by atoms with Crippen LogP contribution in [-0.4, -0.2) is 40.3 Å². The van der Waals surface area contributed by atoms with E-state index in [1.165, 1.54) is 11.3 Å². The average Bonchev–Trinajstić information content (AvgIpc) is 3.12. The van der Waals surface area contributed by atoms with E-state index in [2.05, 4.69) is 16.9 Å². The van der Waals surface area contributed by atoms with E-state index in [1.54, 1.807) is 0 Å². The highest BCUT2D eigenvalue weighted by Gasteiger charge is 2.37. The molecule has 0 aliphatic carbocycles. The first-order valence-electron chi connectivity index (χ1n) is 7.48. The third kappa shape index (κ3) is 2.14. The van der Waals surface area contributed by atoms with Gasteiger partial charge in [-0.25, -0.2) is 0 Å². The van der Waals surface area contributed by atoms with Crippen LogP contribution in [0.15, 0.2) is 0 Å². The largest absolute Gasteiger partial charge is 0.381 e. The fourth-order valence-electron chi connectivity index (χ4n) is 3.57. The maximum absolute atomic E-state index is 12.7. The topological polar surface area (TPSA) is 47.4 Å². The van der Waals surface area contributed by atoms with Gasteiger partial charge in [-0.05, 0) is 33.1 Å². The van der Waals surface area contributed by atoms with Crippen molar-refractivity contribution in [3.05, 3.63) is 17.0 Å². The summed E-state index contributed by atoms with van der Waals surface area (Å²) in [6, 6.07) is 0.205. The Kier molecular flexibility index (Phi) is 3.54. The Morgan fingerprint density at radius 3 is 2.75 bits per heavy atom. The first kappa shape index (κ1) is 13.6. The summed E-state index contributed by atoms with van der Waals surface area (Å²) in [5.41, 5.74) is 3.48. The normalized spacial score (nSPS) is 26.4. The Morgan fingerprint density at radius 1 is 1.35 bits per heavy atom. The van der Waals surface area contributed by atoms with Crippen LogP contribution in [0.5, 0.6) is 0 Å². The Bertz CT molecular complexity index is 517. The number of aryl methyl sites for hydroxylation is 2. The molecule has 2 atom stereocenters. The monoisotopic (exact) mass is 277 g/mol. The van der Waals surface area contributed by atoms with Crippen LogP contribution < -0.4 is 0 Å². The number of carbonyl (C=O) groups excluding carboxylic acids is 1. The third-order valence-electron chi connectivity index (χ3n) is 4.71. The first-order chi connectivity index (χ1) is 9.59. The third-order valence-corrected chi connectivity index (χ3v) is 4.71. The van der Waals surface area contributed by atoms with Crippen molar-refractivity contribution < 1.29 is 9.53 Å². The summed E-state index contributed by atoms with van der Waals surface area (Å²) in [6.45, 7) is 6.32. The number of aromatic nitrogens is 2. The molecule has 20 heavy (non-hydrogen) atoms. The van der Waals surface area contributed by atoms with Crippen LogP contribution in [0.3, 0.4) is 0 Å². The zero-order valence-electron chi connectivity index (χ0n) is 12.6. The smallest absolute Gasteiger partial charge is 0.228 e. The second-order valence-corrected chi connectivity index (χ2v) is 5.96. The van der Waals surface area contributed by atoms with Crippen molar-refractivity contribution in [2.75, 3.05) is 19.8 Å². The van der Waals surface area contributed by atoms with E-state index in [1.807, 2.05) is 18.7 Å². The molecule has 2 saturated heterocycles. The van der Waals surface area contributed by atoms with Gasteiger partial charge in [0.1, 0.15) is 0 Å². The molecular weight excluding hydrogens is 254 g/mol. The molecule has 0 N–H and O–H groups in total. The standard InChI is InChI=1S/C15H23N3O2/c1-10-14(11(2)17(3)16-10)13-5-4-7-18(13)15(19)12-6-8-20-9-12/h12-13H,4-9H2,1-3H3/t12-,13+/m1/s1. The highest BCUT2D eigenvalue weighted by atomic mass is 16.5. The molecule has 5 nitrogen and oxygen atoms in total. The molecule has 3 rings (SSSR count). The van der Waals surface area contributed by atoms with Gasteiger partial charge in [0, 0.05) is 31.5 Å². The molecule has 0 aromatic carbocycles. The maximum atomic E-state index is 12.7. The van der Waals surface area contributed by atoms with Crippen molar-refractivity contribution in [2.24, 2.45) is 13.0 Å². The lowest BCUT2D eigenvalue weighted by atomic mass is 10.0. The van der Waals surface area contributed by atoms with Gasteiger partial charge >= 0.3 is 0 Å². The Morgan fingerprint density at radius 2 is 2.15 bits per heavy atom. The Hall–Kier alpha value is -1.36. The second-order valence-electron chi connectivity index (χ2n) is 5.96. The van der Waals surface area contributed by atoms with Crippen molar-refractivity contribution in [1.29, 1.82) is 0 Å². The van der Waals surface area contributed by atoms with Gasteiger partial charge in [-0.2, -0.15) is 5.10 Å². The molecule has 0 saturated carbocycles. The average molecular weight is 277 g/mol. The predicted molar refractivity (Wildman–Crippen MR) is 75.3 cm³/mol. The van der Waals surface area contributed by atoms with E-state index < -0.39 is 0 Å². The summed E-state index contributed by atoms with van der Waals surface area (Å²) in [6.07, 6.45) is 3.00. The summed E-state index contributed by atoms with van der Waals surface area (Å²) >= 11 is 0. The molecule has 110 valence electrons. The van der Waals surface area contributed by atoms with E-state index in [9.17, 15) is 4.79 Å². The van der Waals surface area contributed by atoms with Crippen LogP contribution in [0.1, 0.15) is 42.3 Å². The molecule has 2 aliphatic heterocycles.